The molecule has 2 N–H and O–H groups in total. The Bertz CT molecular complexity index is 343. The van der Waals surface area contributed by atoms with Gasteiger partial charge < -0.3 is 5.73 Å². The Morgan fingerprint density at radius 3 is 2.22 bits per heavy atom. The third-order valence-corrected chi connectivity index (χ3v) is 2.98. The summed E-state index contributed by atoms with van der Waals surface area (Å²) in [7, 11) is 0. The number of hydrogen-bond donors (Lipinski definition) is 1. The highest BCUT2D eigenvalue weighted by molar-refractivity contribution is 5.24. The van der Waals surface area contributed by atoms with E-state index in [1.165, 1.54) is 0 Å². The molecule has 0 aliphatic carbocycles. The molecule has 0 aromatic heterocycles. The molecule has 0 amide bonds. The number of halogens is 3. The fourth-order valence-electron chi connectivity index (χ4n) is 1.94. The van der Waals surface area contributed by atoms with Crippen molar-refractivity contribution in [1.82, 2.24) is 0 Å². The molecule has 0 spiro atoms. The highest BCUT2D eigenvalue weighted by Crippen LogP contribution is 2.29. The topological polar surface area (TPSA) is 26.0 Å². The Morgan fingerprint density at radius 1 is 1.11 bits per heavy atom. The van der Waals surface area contributed by atoms with E-state index in [9.17, 15) is 13.2 Å². The maximum absolute atomic E-state index is 12.3. The molecule has 0 aliphatic heterocycles. The van der Waals surface area contributed by atoms with Crippen molar-refractivity contribution in [2.45, 2.75) is 51.2 Å². The van der Waals surface area contributed by atoms with Gasteiger partial charge in [0.2, 0.25) is 0 Å². The smallest absolute Gasteiger partial charge is 0.328 e. The Morgan fingerprint density at radius 2 is 1.72 bits per heavy atom. The lowest BCUT2D eigenvalue weighted by Crippen LogP contribution is -2.19. The van der Waals surface area contributed by atoms with Crippen molar-refractivity contribution in [3.05, 3.63) is 35.4 Å². The van der Waals surface area contributed by atoms with Gasteiger partial charge >= 0.3 is 6.18 Å². The lowest BCUT2D eigenvalue weighted by Gasteiger charge is -2.10. The Hall–Kier alpha value is -1.03. The van der Waals surface area contributed by atoms with Crippen LogP contribution in [0.1, 0.15) is 43.7 Å². The van der Waals surface area contributed by atoms with Crippen LogP contribution in [0.3, 0.4) is 0 Å². The average Bonchev–Trinajstić information content (AvgIpc) is 2.29. The zero-order valence-electron chi connectivity index (χ0n) is 10.6. The highest BCUT2D eigenvalue weighted by atomic mass is 19.4. The second-order valence-electron chi connectivity index (χ2n) is 4.64. The predicted octanol–water partition coefficient (Wildman–Crippen LogP) is 4.16. The van der Waals surface area contributed by atoms with Gasteiger partial charge in [-0.1, -0.05) is 25.5 Å². The van der Waals surface area contributed by atoms with Gasteiger partial charge in [0.05, 0.1) is 5.56 Å². The number of nitrogens with two attached hydrogens (primary N) is 1. The zero-order valence-corrected chi connectivity index (χ0v) is 10.6. The van der Waals surface area contributed by atoms with E-state index < -0.39 is 11.7 Å². The van der Waals surface area contributed by atoms with Gasteiger partial charge in [-0.25, -0.2) is 0 Å². The van der Waals surface area contributed by atoms with Crippen molar-refractivity contribution in [1.29, 1.82) is 0 Å². The van der Waals surface area contributed by atoms with Crippen LogP contribution in [-0.4, -0.2) is 6.04 Å². The van der Waals surface area contributed by atoms with Gasteiger partial charge in [0.1, 0.15) is 0 Å². The summed E-state index contributed by atoms with van der Waals surface area (Å²) in [5.41, 5.74) is 6.23. The Kier molecular flexibility index (Phi) is 5.66. The maximum atomic E-state index is 12.3. The summed E-state index contributed by atoms with van der Waals surface area (Å²) in [6, 6.07) is 5.59. The zero-order chi connectivity index (χ0) is 13.6. The Balaban J connectivity index is 2.40. The first-order chi connectivity index (χ1) is 8.43. The first-order valence-electron chi connectivity index (χ1n) is 6.35. The molecule has 1 aromatic rings. The summed E-state index contributed by atoms with van der Waals surface area (Å²) in [4.78, 5) is 0. The number of aryl methyl sites for hydroxylation is 1. The standard InChI is InChI=1S/C14H20F3N/c1-2-4-13(18)6-3-5-11-7-9-12(10-8-11)14(15,16)17/h7-10,13H,2-6,18H2,1H3. The van der Waals surface area contributed by atoms with Gasteiger partial charge in [0, 0.05) is 6.04 Å². The van der Waals surface area contributed by atoms with E-state index >= 15 is 0 Å². The minimum Gasteiger partial charge on any atom is -0.328 e. The normalized spacial score (nSPS) is 13.6. The van der Waals surface area contributed by atoms with Gasteiger partial charge in [-0.05, 0) is 43.4 Å². The monoisotopic (exact) mass is 259 g/mol. The first-order valence-corrected chi connectivity index (χ1v) is 6.35. The van der Waals surface area contributed by atoms with E-state index in [0.29, 0.717) is 0 Å². The summed E-state index contributed by atoms with van der Waals surface area (Å²) < 4.78 is 37.0. The maximum Gasteiger partial charge on any atom is 0.416 e. The molecule has 0 saturated carbocycles. The van der Waals surface area contributed by atoms with Crippen molar-refractivity contribution in [2.24, 2.45) is 5.73 Å². The molecule has 0 aliphatic rings. The largest absolute Gasteiger partial charge is 0.416 e. The molecule has 0 bridgehead atoms. The van der Waals surface area contributed by atoms with Crippen LogP contribution < -0.4 is 5.73 Å². The molecule has 4 heteroatoms. The number of alkyl halides is 3. The molecule has 1 unspecified atom stereocenters. The fraction of sp³-hybridized carbons (Fsp3) is 0.571. The van der Waals surface area contributed by atoms with Crippen LogP contribution in [0.4, 0.5) is 13.2 Å². The van der Waals surface area contributed by atoms with Gasteiger partial charge in [0.15, 0.2) is 0 Å². The van der Waals surface area contributed by atoms with Crippen molar-refractivity contribution in [2.75, 3.05) is 0 Å². The SMILES string of the molecule is CCCC(N)CCCc1ccc(C(F)(F)F)cc1. The summed E-state index contributed by atoms with van der Waals surface area (Å²) in [5, 5.41) is 0. The summed E-state index contributed by atoms with van der Waals surface area (Å²) in [6.07, 6.45) is 0.466. The number of rotatable bonds is 6. The summed E-state index contributed by atoms with van der Waals surface area (Å²) in [6.45, 7) is 2.09. The molecule has 0 fully saturated rings. The van der Waals surface area contributed by atoms with Crippen LogP contribution in [0.25, 0.3) is 0 Å². The molecular formula is C14H20F3N. The molecule has 0 saturated heterocycles. The average molecular weight is 259 g/mol. The quantitative estimate of drug-likeness (QED) is 0.815. The molecule has 1 nitrogen and oxygen atoms in total. The van der Waals surface area contributed by atoms with Crippen molar-refractivity contribution in [3.63, 3.8) is 0 Å². The van der Waals surface area contributed by atoms with Crippen LogP contribution >= 0.6 is 0 Å². The van der Waals surface area contributed by atoms with E-state index in [4.69, 9.17) is 5.73 Å². The second-order valence-corrected chi connectivity index (χ2v) is 4.64. The summed E-state index contributed by atoms with van der Waals surface area (Å²) in [5.74, 6) is 0. The molecule has 1 atom stereocenters. The van der Waals surface area contributed by atoms with E-state index in [-0.39, 0.29) is 6.04 Å². The molecular weight excluding hydrogens is 239 g/mol. The minimum atomic E-state index is -4.25. The molecule has 102 valence electrons. The summed E-state index contributed by atoms with van der Waals surface area (Å²) >= 11 is 0. The van der Waals surface area contributed by atoms with Gasteiger partial charge in [0.25, 0.3) is 0 Å². The molecule has 0 radical (unpaired) electrons. The minimum absolute atomic E-state index is 0.212. The predicted molar refractivity (Wildman–Crippen MR) is 67.3 cm³/mol. The third kappa shape index (κ3) is 5.08. The van der Waals surface area contributed by atoms with Gasteiger partial charge in [-0.2, -0.15) is 13.2 Å². The van der Waals surface area contributed by atoms with Crippen molar-refractivity contribution in [3.8, 4) is 0 Å². The fourth-order valence-corrected chi connectivity index (χ4v) is 1.94. The van der Waals surface area contributed by atoms with Crippen LogP contribution in [0.15, 0.2) is 24.3 Å². The van der Waals surface area contributed by atoms with Crippen molar-refractivity contribution < 1.29 is 13.2 Å². The Labute approximate surface area is 106 Å². The van der Waals surface area contributed by atoms with E-state index in [1.807, 2.05) is 0 Å². The van der Waals surface area contributed by atoms with E-state index in [0.717, 1.165) is 49.8 Å². The van der Waals surface area contributed by atoms with E-state index in [2.05, 4.69) is 6.92 Å². The molecule has 0 heterocycles. The van der Waals surface area contributed by atoms with E-state index in [1.54, 1.807) is 12.1 Å². The number of benzene rings is 1. The lowest BCUT2D eigenvalue weighted by molar-refractivity contribution is -0.137. The highest BCUT2D eigenvalue weighted by Gasteiger charge is 2.29. The van der Waals surface area contributed by atoms with Crippen LogP contribution in [-0.2, 0) is 12.6 Å². The van der Waals surface area contributed by atoms with Crippen molar-refractivity contribution >= 4 is 0 Å². The number of hydrogen-bond acceptors (Lipinski definition) is 1. The molecule has 18 heavy (non-hydrogen) atoms. The van der Waals surface area contributed by atoms with Crippen LogP contribution in [0.2, 0.25) is 0 Å². The molecule has 1 aromatic carbocycles. The van der Waals surface area contributed by atoms with Gasteiger partial charge in [-0.3, -0.25) is 0 Å². The first kappa shape index (κ1) is 15.0. The third-order valence-electron chi connectivity index (χ3n) is 2.98. The second kappa shape index (κ2) is 6.78. The lowest BCUT2D eigenvalue weighted by atomic mass is 10.0. The van der Waals surface area contributed by atoms with Gasteiger partial charge in [-0.15, -0.1) is 0 Å². The molecule has 1 rings (SSSR count). The van der Waals surface area contributed by atoms with Crippen LogP contribution in [0, 0.1) is 0 Å². The van der Waals surface area contributed by atoms with Crippen LogP contribution in [0.5, 0.6) is 0 Å².